The molecule has 2 atom stereocenters. The quantitative estimate of drug-likeness (QED) is 0.369. The molecule has 0 saturated carbocycles. The van der Waals surface area contributed by atoms with E-state index in [0.717, 1.165) is 59.6 Å². The normalized spacial score (nSPS) is 17.3. The van der Waals surface area contributed by atoms with Crippen LogP contribution < -0.4 is 5.73 Å². The second kappa shape index (κ2) is 10.4. The van der Waals surface area contributed by atoms with Gasteiger partial charge in [-0.15, -0.1) is 5.73 Å². The second-order valence-electron chi connectivity index (χ2n) is 9.03. The first kappa shape index (κ1) is 23.5. The maximum Gasteiger partial charge on any atom is 0.155 e. The summed E-state index contributed by atoms with van der Waals surface area (Å²) in [4.78, 5) is 9.74. The summed E-state index contributed by atoms with van der Waals surface area (Å²) in [5, 5.41) is 0. The van der Waals surface area contributed by atoms with E-state index in [1.165, 1.54) is 11.1 Å². The van der Waals surface area contributed by atoms with E-state index in [9.17, 15) is 0 Å². The molecule has 0 spiro atoms. The molecule has 0 amide bonds. The molecule has 32 heavy (non-hydrogen) atoms. The van der Waals surface area contributed by atoms with Crippen LogP contribution in [0.3, 0.4) is 0 Å². The molecule has 0 bridgehead atoms. The maximum absolute atomic E-state index is 5.84. The summed E-state index contributed by atoms with van der Waals surface area (Å²) in [5.74, 6) is 1.55. The number of benzene rings is 1. The van der Waals surface area contributed by atoms with Crippen LogP contribution in [0.25, 0.3) is 16.8 Å². The van der Waals surface area contributed by atoms with Crippen molar-refractivity contribution in [3.8, 4) is 11.3 Å². The minimum Gasteiger partial charge on any atom is -0.402 e. The summed E-state index contributed by atoms with van der Waals surface area (Å²) < 4.78 is 0. The van der Waals surface area contributed by atoms with E-state index < -0.39 is 0 Å². The van der Waals surface area contributed by atoms with Crippen LogP contribution in [0.2, 0.25) is 0 Å². The molecule has 0 fully saturated rings. The van der Waals surface area contributed by atoms with Gasteiger partial charge in [0, 0.05) is 22.9 Å². The zero-order chi connectivity index (χ0) is 23.3. The Balaban J connectivity index is 1.84. The zero-order valence-electron chi connectivity index (χ0n) is 19.9. The largest absolute Gasteiger partial charge is 0.402 e. The molecule has 166 valence electrons. The van der Waals surface area contributed by atoms with Crippen LogP contribution in [0.5, 0.6) is 0 Å². The predicted octanol–water partition coefficient (Wildman–Crippen LogP) is 7.48. The molecule has 0 aliphatic heterocycles. The molecule has 2 N–H and O–H groups in total. The lowest BCUT2D eigenvalue weighted by atomic mass is 9.86. The van der Waals surface area contributed by atoms with Gasteiger partial charge in [-0.1, -0.05) is 56.5 Å². The Morgan fingerprint density at radius 3 is 2.53 bits per heavy atom. The summed E-state index contributed by atoms with van der Waals surface area (Å²) in [6.07, 6.45) is 8.55. The maximum atomic E-state index is 5.84. The summed E-state index contributed by atoms with van der Waals surface area (Å²) >= 11 is 0. The van der Waals surface area contributed by atoms with Crippen molar-refractivity contribution in [3.63, 3.8) is 0 Å². The first-order valence-electron chi connectivity index (χ1n) is 11.4. The Morgan fingerprint density at radius 1 is 1.25 bits per heavy atom. The summed E-state index contributed by atoms with van der Waals surface area (Å²) in [6, 6.07) is 11.0. The Labute approximate surface area is 193 Å². The first-order chi connectivity index (χ1) is 15.3. The van der Waals surface area contributed by atoms with E-state index in [1.807, 2.05) is 6.92 Å². The van der Waals surface area contributed by atoms with E-state index >= 15 is 0 Å². The van der Waals surface area contributed by atoms with Crippen LogP contribution in [0.15, 0.2) is 72.1 Å². The van der Waals surface area contributed by atoms with Crippen molar-refractivity contribution in [2.75, 3.05) is 0 Å². The van der Waals surface area contributed by atoms with Gasteiger partial charge in [0.15, 0.2) is 5.82 Å². The molecule has 3 heteroatoms. The van der Waals surface area contributed by atoms with Gasteiger partial charge in [-0.3, -0.25) is 0 Å². The molecule has 1 heterocycles. The highest BCUT2D eigenvalue weighted by Gasteiger charge is 2.14. The predicted molar refractivity (Wildman–Crippen MR) is 138 cm³/mol. The fraction of sp³-hybridized carbons (Fsp3) is 0.345. The van der Waals surface area contributed by atoms with Crippen molar-refractivity contribution >= 4 is 17.1 Å². The molecule has 1 aromatic heterocycles. The Bertz CT molecular complexity index is 1100. The highest BCUT2D eigenvalue weighted by Crippen LogP contribution is 2.33. The van der Waals surface area contributed by atoms with Crippen LogP contribution >= 0.6 is 0 Å². The van der Waals surface area contributed by atoms with E-state index in [-0.39, 0.29) is 5.92 Å². The van der Waals surface area contributed by atoms with Gasteiger partial charge in [0.25, 0.3) is 0 Å². The van der Waals surface area contributed by atoms with Gasteiger partial charge in [0.2, 0.25) is 0 Å². The molecule has 1 aromatic carbocycles. The van der Waals surface area contributed by atoms with Gasteiger partial charge in [0.05, 0.1) is 5.69 Å². The number of aryl methyl sites for hydroxylation is 2. The number of rotatable bonds is 7. The van der Waals surface area contributed by atoms with Crippen molar-refractivity contribution in [3.05, 3.63) is 83.8 Å². The van der Waals surface area contributed by atoms with Gasteiger partial charge in [-0.05, 0) is 80.7 Å². The zero-order valence-corrected chi connectivity index (χ0v) is 19.9. The van der Waals surface area contributed by atoms with E-state index in [4.69, 9.17) is 15.7 Å². The summed E-state index contributed by atoms with van der Waals surface area (Å²) in [6.45, 7) is 15.8. The summed E-state index contributed by atoms with van der Waals surface area (Å²) in [7, 11) is 0. The molecule has 0 radical (unpaired) electrons. The number of pyridine rings is 1. The smallest absolute Gasteiger partial charge is 0.155 e. The number of hydrogen-bond donors (Lipinski definition) is 1. The number of nitrogens with two attached hydrogens (primary N) is 1. The molecule has 1 aliphatic carbocycles. The van der Waals surface area contributed by atoms with Gasteiger partial charge in [-0.2, -0.15) is 0 Å². The minimum atomic E-state index is 0.202. The molecule has 1 aliphatic rings. The van der Waals surface area contributed by atoms with Crippen LogP contribution in [0, 0.1) is 25.7 Å². The average molecular weight is 426 g/mol. The van der Waals surface area contributed by atoms with E-state index in [0.29, 0.717) is 11.6 Å². The third-order valence-corrected chi connectivity index (χ3v) is 6.24. The number of hydrogen-bond acceptors (Lipinski definition) is 3. The highest BCUT2D eigenvalue weighted by atomic mass is 14.9. The van der Waals surface area contributed by atoms with Crippen molar-refractivity contribution in [2.24, 2.45) is 22.6 Å². The minimum absolute atomic E-state index is 0.202. The molecule has 3 nitrogen and oxygen atoms in total. The Morgan fingerprint density at radius 2 is 1.94 bits per heavy atom. The topological polar surface area (TPSA) is 51.3 Å². The van der Waals surface area contributed by atoms with Crippen molar-refractivity contribution in [1.29, 1.82) is 0 Å². The molecular weight excluding hydrogens is 390 g/mol. The standard InChI is InChI=1S/C29H35N3/c1-7-8-24-9-11-25(12-10-24)26-13-15-27(16-14-26)28-20(3)17-21(4)29(32-28)31-22(5)18-19(2)23(6)30/h8,11,13-17,19,24H,1,6,9-10,12,18,30H2,2-5H3/b31-22+. The molecule has 3 rings (SSSR count). The fourth-order valence-electron chi connectivity index (χ4n) is 4.22. The number of nitrogens with zero attached hydrogens (tertiary/aromatic N) is 2. The Kier molecular flexibility index (Phi) is 7.66. The van der Waals surface area contributed by atoms with Gasteiger partial charge in [-0.25, -0.2) is 9.98 Å². The second-order valence-corrected chi connectivity index (χ2v) is 9.03. The number of allylic oxidation sites excluding steroid dienone is 4. The number of aromatic nitrogens is 1. The first-order valence-corrected chi connectivity index (χ1v) is 11.4. The van der Waals surface area contributed by atoms with E-state index in [1.54, 1.807) is 0 Å². The van der Waals surface area contributed by atoms with Crippen LogP contribution in [-0.2, 0) is 0 Å². The van der Waals surface area contributed by atoms with Crippen LogP contribution in [0.1, 0.15) is 56.2 Å². The fourth-order valence-corrected chi connectivity index (χ4v) is 4.22. The lowest BCUT2D eigenvalue weighted by molar-refractivity contribution is 0.592. The van der Waals surface area contributed by atoms with E-state index in [2.05, 4.69) is 82.1 Å². The van der Waals surface area contributed by atoms with Gasteiger partial charge >= 0.3 is 0 Å². The van der Waals surface area contributed by atoms with Crippen molar-refractivity contribution in [1.82, 2.24) is 4.98 Å². The van der Waals surface area contributed by atoms with Crippen LogP contribution in [0.4, 0.5) is 5.82 Å². The number of aliphatic imine (C=N–C) groups is 1. The van der Waals surface area contributed by atoms with Crippen molar-refractivity contribution in [2.45, 2.75) is 53.4 Å². The lowest BCUT2D eigenvalue weighted by Gasteiger charge is -2.19. The SMILES string of the molecule is C=C=CC1CC=C(c2ccc(-c3nc(/N=C(\C)CC(C)C(=C)N)c(C)cc3C)cc2)CC1. The van der Waals surface area contributed by atoms with Gasteiger partial charge in [0.1, 0.15) is 0 Å². The summed E-state index contributed by atoms with van der Waals surface area (Å²) in [5.41, 5.74) is 17.5. The Hall–Kier alpha value is -3.16. The third kappa shape index (κ3) is 5.75. The van der Waals surface area contributed by atoms with Gasteiger partial charge < -0.3 is 5.73 Å². The molecule has 0 saturated heterocycles. The third-order valence-electron chi connectivity index (χ3n) is 6.24. The highest BCUT2D eigenvalue weighted by molar-refractivity contribution is 5.85. The molecule has 2 unspecified atom stereocenters. The molecular formula is C29H35N3. The monoisotopic (exact) mass is 425 g/mol. The van der Waals surface area contributed by atoms with Crippen LogP contribution in [-0.4, -0.2) is 10.7 Å². The average Bonchev–Trinajstić information content (AvgIpc) is 2.76. The molecule has 2 aromatic rings. The van der Waals surface area contributed by atoms with Crippen molar-refractivity contribution < 1.29 is 0 Å². The lowest BCUT2D eigenvalue weighted by Crippen LogP contribution is -2.10.